The molecule has 1 fully saturated rings. The molecule has 3 unspecified atom stereocenters. The van der Waals surface area contributed by atoms with Crippen LogP contribution in [0.1, 0.15) is 49.2 Å². The summed E-state index contributed by atoms with van der Waals surface area (Å²) in [4.78, 5) is 14.9. The van der Waals surface area contributed by atoms with Crippen molar-refractivity contribution >= 4 is 5.97 Å². The Labute approximate surface area is 114 Å². The van der Waals surface area contributed by atoms with Gasteiger partial charge < -0.3 is 10.4 Å². The van der Waals surface area contributed by atoms with Gasteiger partial charge in [-0.2, -0.15) is 0 Å². The molecule has 1 aliphatic rings. The molecule has 3 atom stereocenters. The maximum absolute atomic E-state index is 10.7. The summed E-state index contributed by atoms with van der Waals surface area (Å²) in [5.41, 5.74) is 1.14. The summed E-state index contributed by atoms with van der Waals surface area (Å²) in [6.07, 6.45) is 5.14. The average Bonchev–Trinajstić information content (AvgIpc) is 2.40. The highest BCUT2D eigenvalue weighted by Crippen LogP contribution is 2.29. The van der Waals surface area contributed by atoms with Crippen LogP contribution in [0.5, 0.6) is 0 Å². The van der Waals surface area contributed by atoms with Gasteiger partial charge in [-0.15, -0.1) is 0 Å². The zero-order valence-electron chi connectivity index (χ0n) is 11.6. The molecular weight excluding hydrogens is 240 g/mol. The Bertz CT molecular complexity index is 430. The Kier molecular flexibility index (Phi) is 4.53. The number of hydrogen-bond donors (Lipinski definition) is 2. The topological polar surface area (TPSA) is 62.2 Å². The van der Waals surface area contributed by atoms with Gasteiger partial charge in [0.15, 0.2) is 0 Å². The van der Waals surface area contributed by atoms with Gasteiger partial charge in [0, 0.05) is 18.8 Å². The Hall–Kier alpha value is -1.42. The molecule has 1 aromatic rings. The summed E-state index contributed by atoms with van der Waals surface area (Å²) in [6, 6.07) is 3.95. The molecule has 0 saturated heterocycles. The molecule has 4 heteroatoms. The fourth-order valence-electron chi connectivity index (χ4n) is 2.64. The van der Waals surface area contributed by atoms with E-state index in [-0.39, 0.29) is 5.56 Å². The lowest BCUT2D eigenvalue weighted by Crippen LogP contribution is -2.35. The molecular formula is C15H22N2O2. The smallest absolute Gasteiger partial charge is 0.337 e. The van der Waals surface area contributed by atoms with Crippen molar-refractivity contribution in [2.45, 2.75) is 45.7 Å². The van der Waals surface area contributed by atoms with Gasteiger partial charge in [0.05, 0.1) is 11.3 Å². The fraction of sp³-hybridized carbons (Fsp3) is 0.600. The Balaban J connectivity index is 1.83. The molecule has 0 spiro atoms. The Morgan fingerprint density at radius 3 is 2.74 bits per heavy atom. The predicted molar refractivity (Wildman–Crippen MR) is 74.0 cm³/mol. The maximum atomic E-state index is 10.7. The summed E-state index contributed by atoms with van der Waals surface area (Å²) in [5.74, 6) is 0.668. The van der Waals surface area contributed by atoms with E-state index in [2.05, 4.69) is 24.1 Å². The second kappa shape index (κ2) is 6.15. The summed E-state index contributed by atoms with van der Waals surface area (Å²) in [6.45, 7) is 5.36. The van der Waals surface area contributed by atoms with E-state index in [0.29, 0.717) is 12.6 Å². The largest absolute Gasteiger partial charge is 0.478 e. The van der Waals surface area contributed by atoms with Crippen molar-refractivity contribution in [3.63, 3.8) is 0 Å². The number of rotatable bonds is 4. The quantitative estimate of drug-likeness (QED) is 0.875. The highest BCUT2D eigenvalue weighted by atomic mass is 16.4. The molecule has 1 aliphatic carbocycles. The van der Waals surface area contributed by atoms with Gasteiger partial charge in [-0.25, -0.2) is 4.79 Å². The van der Waals surface area contributed by atoms with E-state index in [1.165, 1.54) is 25.5 Å². The number of carboxylic acid groups (broad SMARTS) is 1. The third-order valence-corrected chi connectivity index (χ3v) is 4.24. The minimum atomic E-state index is -0.929. The lowest BCUT2D eigenvalue weighted by atomic mass is 9.79. The molecule has 19 heavy (non-hydrogen) atoms. The molecule has 1 heterocycles. The zero-order chi connectivity index (χ0) is 13.8. The molecule has 0 radical (unpaired) electrons. The van der Waals surface area contributed by atoms with Crippen molar-refractivity contribution in [1.82, 2.24) is 10.3 Å². The molecule has 0 aromatic carbocycles. The number of hydrogen-bond acceptors (Lipinski definition) is 3. The van der Waals surface area contributed by atoms with Crippen LogP contribution >= 0.6 is 0 Å². The van der Waals surface area contributed by atoms with E-state index in [0.717, 1.165) is 17.5 Å². The van der Waals surface area contributed by atoms with Crippen LogP contribution in [0.2, 0.25) is 0 Å². The Morgan fingerprint density at radius 1 is 1.37 bits per heavy atom. The van der Waals surface area contributed by atoms with Crippen LogP contribution in [0, 0.1) is 11.8 Å². The van der Waals surface area contributed by atoms with Crippen molar-refractivity contribution in [1.29, 1.82) is 0 Å². The maximum Gasteiger partial charge on any atom is 0.337 e. The van der Waals surface area contributed by atoms with E-state index < -0.39 is 5.97 Å². The van der Waals surface area contributed by atoms with Crippen LogP contribution in [0.25, 0.3) is 0 Å². The van der Waals surface area contributed by atoms with Crippen LogP contribution in [0.3, 0.4) is 0 Å². The van der Waals surface area contributed by atoms with Crippen molar-refractivity contribution in [3.05, 3.63) is 29.6 Å². The van der Waals surface area contributed by atoms with E-state index in [1.807, 2.05) is 0 Å². The number of nitrogens with one attached hydrogen (secondary N) is 1. The van der Waals surface area contributed by atoms with Gasteiger partial charge in [0.25, 0.3) is 0 Å². The van der Waals surface area contributed by atoms with Crippen molar-refractivity contribution in [3.8, 4) is 0 Å². The van der Waals surface area contributed by atoms with E-state index >= 15 is 0 Å². The molecule has 1 saturated carbocycles. The van der Waals surface area contributed by atoms with Crippen LogP contribution in [0.4, 0.5) is 0 Å². The van der Waals surface area contributed by atoms with Gasteiger partial charge in [-0.05, 0) is 43.2 Å². The molecule has 0 amide bonds. The number of carboxylic acids is 1. The first kappa shape index (κ1) is 14.0. The van der Waals surface area contributed by atoms with Crippen LogP contribution in [-0.2, 0) is 6.54 Å². The standard InChI is InChI=1S/C15H22N2O2/c1-10-3-5-13(7-11(10)2)17-9-14-6-4-12(8-16-14)15(18)19/h4,6,8,10-11,13,17H,3,5,7,9H2,1-2H3,(H,18,19). The number of carbonyl (C=O) groups is 1. The van der Waals surface area contributed by atoms with Gasteiger partial charge in [0.2, 0.25) is 0 Å². The van der Waals surface area contributed by atoms with E-state index in [4.69, 9.17) is 5.11 Å². The van der Waals surface area contributed by atoms with Gasteiger partial charge in [0.1, 0.15) is 0 Å². The summed E-state index contributed by atoms with van der Waals surface area (Å²) >= 11 is 0. The Morgan fingerprint density at radius 2 is 2.16 bits per heavy atom. The van der Waals surface area contributed by atoms with Crippen LogP contribution in [-0.4, -0.2) is 22.1 Å². The average molecular weight is 262 g/mol. The van der Waals surface area contributed by atoms with Crippen molar-refractivity contribution < 1.29 is 9.90 Å². The summed E-state index contributed by atoms with van der Waals surface area (Å²) in [5, 5.41) is 12.3. The van der Waals surface area contributed by atoms with Crippen LogP contribution in [0.15, 0.2) is 18.3 Å². The second-order valence-electron chi connectivity index (χ2n) is 5.69. The lowest BCUT2D eigenvalue weighted by Gasteiger charge is -2.32. The highest BCUT2D eigenvalue weighted by molar-refractivity contribution is 5.87. The molecule has 104 valence electrons. The number of aromatic nitrogens is 1. The molecule has 0 bridgehead atoms. The first-order valence-electron chi connectivity index (χ1n) is 6.98. The monoisotopic (exact) mass is 262 g/mol. The van der Waals surface area contributed by atoms with Crippen molar-refractivity contribution in [2.75, 3.05) is 0 Å². The third kappa shape index (κ3) is 3.77. The fourth-order valence-corrected chi connectivity index (χ4v) is 2.64. The molecule has 0 aliphatic heterocycles. The van der Waals surface area contributed by atoms with E-state index in [1.54, 1.807) is 12.1 Å². The molecule has 4 nitrogen and oxygen atoms in total. The molecule has 1 aromatic heterocycles. The number of aromatic carboxylic acids is 1. The predicted octanol–water partition coefficient (Wildman–Crippen LogP) is 2.69. The minimum absolute atomic E-state index is 0.240. The van der Waals surface area contributed by atoms with Gasteiger partial charge in [-0.3, -0.25) is 4.98 Å². The SMILES string of the molecule is CC1CCC(NCc2ccc(C(=O)O)cn2)CC1C. The normalized spacial score (nSPS) is 27.2. The number of nitrogens with zero attached hydrogens (tertiary/aromatic N) is 1. The summed E-state index contributed by atoms with van der Waals surface area (Å²) < 4.78 is 0. The van der Waals surface area contributed by atoms with Gasteiger partial charge in [-0.1, -0.05) is 13.8 Å². The van der Waals surface area contributed by atoms with E-state index in [9.17, 15) is 4.79 Å². The molecule has 2 rings (SSSR count). The first-order chi connectivity index (χ1) is 9.06. The van der Waals surface area contributed by atoms with Crippen LogP contribution < -0.4 is 5.32 Å². The zero-order valence-corrected chi connectivity index (χ0v) is 11.6. The first-order valence-corrected chi connectivity index (χ1v) is 6.98. The van der Waals surface area contributed by atoms with Crippen molar-refractivity contribution in [2.24, 2.45) is 11.8 Å². The highest BCUT2D eigenvalue weighted by Gasteiger charge is 2.23. The third-order valence-electron chi connectivity index (χ3n) is 4.24. The molecule has 2 N–H and O–H groups in total. The minimum Gasteiger partial charge on any atom is -0.478 e. The second-order valence-corrected chi connectivity index (χ2v) is 5.69. The lowest BCUT2D eigenvalue weighted by molar-refractivity contribution is 0.0696. The summed E-state index contributed by atoms with van der Waals surface area (Å²) in [7, 11) is 0. The van der Waals surface area contributed by atoms with Gasteiger partial charge >= 0.3 is 5.97 Å². The number of pyridine rings is 1.